The Kier molecular flexibility index (Phi) is 72.8. The molecule has 7 atom stereocenters. The molecule has 0 radical (unpaired) electrons. The first kappa shape index (κ1) is 101. The van der Waals surface area contributed by atoms with Gasteiger partial charge in [-0.15, -0.1) is 0 Å². The van der Waals surface area contributed by atoms with E-state index in [9.17, 15) is 43.2 Å². The van der Waals surface area contributed by atoms with Gasteiger partial charge in [0, 0.05) is 25.7 Å². The van der Waals surface area contributed by atoms with Gasteiger partial charge in [0.25, 0.3) is 0 Å². The fraction of sp³-hybridized carbons (Fsp3) is 0.952. The van der Waals surface area contributed by atoms with Crippen LogP contribution in [-0.4, -0.2) is 96.7 Å². The summed E-state index contributed by atoms with van der Waals surface area (Å²) in [5.41, 5.74) is 0. The fourth-order valence-electron chi connectivity index (χ4n) is 13.0. The fourth-order valence-corrected chi connectivity index (χ4v) is 14.5. The second-order valence-corrected chi connectivity index (χ2v) is 34.1. The lowest BCUT2D eigenvalue weighted by Gasteiger charge is -2.21. The van der Waals surface area contributed by atoms with Crippen molar-refractivity contribution in [2.24, 2.45) is 17.8 Å². The molecule has 0 rings (SSSR count). The van der Waals surface area contributed by atoms with Gasteiger partial charge in [-0.1, -0.05) is 389 Å². The zero-order valence-electron chi connectivity index (χ0n) is 67.8. The number of phosphoric acid groups is 2. The Morgan fingerprint density at radius 2 is 0.495 bits per heavy atom. The van der Waals surface area contributed by atoms with Crippen LogP contribution in [0.2, 0.25) is 0 Å². The van der Waals surface area contributed by atoms with Gasteiger partial charge in [-0.05, 0) is 43.4 Å². The highest BCUT2D eigenvalue weighted by atomic mass is 31.2. The number of rotatable bonds is 82. The Morgan fingerprint density at radius 1 is 0.282 bits per heavy atom. The molecule has 0 aromatic carbocycles. The van der Waals surface area contributed by atoms with Gasteiger partial charge < -0.3 is 33.8 Å². The van der Waals surface area contributed by atoms with Crippen molar-refractivity contribution in [1.82, 2.24) is 0 Å². The average molecular weight is 1510 g/mol. The largest absolute Gasteiger partial charge is 0.472 e. The third-order valence-electron chi connectivity index (χ3n) is 20.4. The van der Waals surface area contributed by atoms with Crippen molar-refractivity contribution >= 4 is 39.5 Å². The number of phosphoric ester groups is 2. The van der Waals surface area contributed by atoms with E-state index in [-0.39, 0.29) is 25.7 Å². The van der Waals surface area contributed by atoms with Crippen LogP contribution in [0.5, 0.6) is 0 Å². The number of hydrogen-bond donors (Lipinski definition) is 3. The average Bonchev–Trinajstić information content (AvgIpc) is 0.949. The monoisotopic (exact) mass is 1510 g/mol. The number of unbranched alkanes of at least 4 members (excludes halogenated alkanes) is 48. The topological polar surface area (TPSA) is 237 Å². The van der Waals surface area contributed by atoms with Crippen LogP contribution in [0.4, 0.5) is 0 Å². The van der Waals surface area contributed by atoms with Crippen LogP contribution in [0.15, 0.2) is 0 Å². The minimum absolute atomic E-state index is 0.108. The summed E-state index contributed by atoms with van der Waals surface area (Å²) in [6.45, 7) is 12.1. The van der Waals surface area contributed by atoms with Gasteiger partial charge in [0.15, 0.2) is 12.2 Å². The molecule has 0 saturated carbocycles. The van der Waals surface area contributed by atoms with E-state index >= 15 is 0 Å². The summed E-state index contributed by atoms with van der Waals surface area (Å²) < 4.78 is 68.8. The molecule has 0 spiro atoms. The summed E-state index contributed by atoms with van der Waals surface area (Å²) in [6, 6.07) is 0. The molecular formula is C84H164O17P2. The van der Waals surface area contributed by atoms with Gasteiger partial charge in [0.1, 0.15) is 19.3 Å². The molecule has 3 N–H and O–H groups in total. The standard InChI is InChI=1S/C84H164O17P2/c1-8-11-12-13-14-15-16-17-25-28-39-46-53-60-67-83(88)100-79(71-94-81(86)65-58-51-44-37-32-30-34-41-48-55-62-75(4)5)73-98-102(90,91)96-69-78(85)70-97-103(92,93)99-74-80(72-95-82(87)66-59-52-45-38-33-31-36-43-50-57-64-77(7)10-3)101-84(89)68-61-54-47-40-29-26-23-21-19-18-20-22-24-27-35-42-49-56-63-76(6)9-2/h75-80,85H,8-74H2,1-7H3,(H,90,91)(H,92,93)/t76?,77?,78-,79+,80+/m0/s1. The van der Waals surface area contributed by atoms with Crippen molar-refractivity contribution < 1.29 is 80.2 Å². The van der Waals surface area contributed by atoms with E-state index in [0.717, 1.165) is 108 Å². The second-order valence-electron chi connectivity index (χ2n) is 31.2. The van der Waals surface area contributed by atoms with Gasteiger partial charge >= 0.3 is 39.5 Å². The minimum atomic E-state index is -4.96. The minimum Gasteiger partial charge on any atom is -0.462 e. The number of ether oxygens (including phenoxy) is 4. The van der Waals surface area contributed by atoms with E-state index in [0.29, 0.717) is 25.7 Å². The number of esters is 4. The molecule has 0 aliphatic rings. The van der Waals surface area contributed by atoms with Crippen LogP contribution < -0.4 is 0 Å². The molecule has 19 heteroatoms. The molecule has 0 aliphatic heterocycles. The lowest BCUT2D eigenvalue weighted by molar-refractivity contribution is -0.161. The Bertz CT molecular complexity index is 2000. The molecule has 0 aromatic rings. The Labute approximate surface area is 632 Å². The van der Waals surface area contributed by atoms with Gasteiger partial charge in [-0.25, -0.2) is 9.13 Å². The summed E-state index contributed by atoms with van der Waals surface area (Å²) in [4.78, 5) is 73.2. The Balaban J connectivity index is 5.24. The normalized spacial score (nSPS) is 14.4. The van der Waals surface area contributed by atoms with Crippen molar-refractivity contribution in [3.63, 3.8) is 0 Å². The van der Waals surface area contributed by atoms with Crippen molar-refractivity contribution in [3.05, 3.63) is 0 Å². The maximum Gasteiger partial charge on any atom is 0.472 e. The predicted molar refractivity (Wildman–Crippen MR) is 423 cm³/mol. The smallest absolute Gasteiger partial charge is 0.462 e. The van der Waals surface area contributed by atoms with Crippen LogP contribution >= 0.6 is 15.6 Å². The van der Waals surface area contributed by atoms with E-state index in [2.05, 4.69) is 48.5 Å². The lowest BCUT2D eigenvalue weighted by atomic mass is 9.99. The number of hydrogen-bond acceptors (Lipinski definition) is 15. The maximum atomic E-state index is 13.1. The van der Waals surface area contributed by atoms with E-state index in [1.54, 1.807) is 0 Å². The first-order valence-electron chi connectivity index (χ1n) is 43.4. The van der Waals surface area contributed by atoms with E-state index in [1.165, 1.54) is 250 Å². The van der Waals surface area contributed by atoms with Gasteiger partial charge in [-0.3, -0.25) is 37.3 Å². The molecule has 4 unspecified atom stereocenters. The molecule has 0 heterocycles. The zero-order valence-corrected chi connectivity index (χ0v) is 69.6. The first-order valence-corrected chi connectivity index (χ1v) is 46.4. The molecule has 0 saturated heterocycles. The molecule has 17 nitrogen and oxygen atoms in total. The summed E-state index contributed by atoms with van der Waals surface area (Å²) in [7, 11) is -9.93. The van der Waals surface area contributed by atoms with Crippen LogP contribution in [0.25, 0.3) is 0 Å². The molecule has 0 aliphatic carbocycles. The number of aliphatic hydroxyl groups is 1. The van der Waals surface area contributed by atoms with Gasteiger partial charge in [-0.2, -0.15) is 0 Å². The Hall–Kier alpha value is -1.94. The molecule has 612 valence electrons. The molecular weight excluding hydrogens is 1340 g/mol. The second kappa shape index (κ2) is 74.2. The summed E-state index contributed by atoms with van der Waals surface area (Å²) in [6.07, 6.45) is 63.7. The quantitative estimate of drug-likeness (QED) is 0.0222. The van der Waals surface area contributed by atoms with E-state index in [1.807, 2.05) is 0 Å². The third-order valence-corrected chi connectivity index (χ3v) is 22.3. The highest BCUT2D eigenvalue weighted by molar-refractivity contribution is 7.47. The van der Waals surface area contributed by atoms with E-state index < -0.39 is 97.5 Å². The van der Waals surface area contributed by atoms with Crippen LogP contribution in [0, 0.1) is 17.8 Å². The molecule has 0 bridgehead atoms. The zero-order chi connectivity index (χ0) is 75.8. The van der Waals surface area contributed by atoms with Gasteiger partial charge in [0.05, 0.1) is 26.4 Å². The highest BCUT2D eigenvalue weighted by Gasteiger charge is 2.30. The predicted octanol–water partition coefficient (Wildman–Crippen LogP) is 25.3. The van der Waals surface area contributed by atoms with E-state index in [4.69, 9.17) is 37.0 Å². The molecule has 0 amide bonds. The maximum absolute atomic E-state index is 13.1. The molecule has 0 aromatic heterocycles. The van der Waals surface area contributed by atoms with Crippen molar-refractivity contribution in [2.75, 3.05) is 39.6 Å². The summed E-state index contributed by atoms with van der Waals surface area (Å²) >= 11 is 0. The third kappa shape index (κ3) is 75.3. The van der Waals surface area contributed by atoms with Crippen molar-refractivity contribution in [3.8, 4) is 0 Å². The molecule has 0 fully saturated rings. The Morgan fingerprint density at radius 3 is 0.738 bits per heavy atom. The SMILES string of the molecule is CCCCCCCCCCCCCCCCC(=O)O[C@H](COC(=O)CCCCCCCCCCCCC(C)C)COP(=O)(O)OC[C@H](O)COP(=O)(O)OC[C@@H](COC(=O)CCCCCCCCCCCCC(C)CC)OC(=O)CCCCCCCCCCCCCCCCCCCCC(C)CC. The number of carbonyl (C=O) groups is 4. The summed E-state index contributed by atoms with van der Waals surface area (Å²) in [5.74, 6) is 0.333. The van der Waals surface area contributed by atoms with Crippen LogP contribution in [-0.2, 0) is 65.4 Å². The van der Waals surface area contributed by atoms with Gasteiger partial charge in [0.2, 0.25) is 0 Å². The molecule has 103 heavy (non-hydrogen) atoms. The van der Waals surface area contributed by atoms with Crippen molar-refractivity contribution in [2.45, 2.75) is 458 Å². The number of aliphatic hydroxyl groups excluding tert-OH is 1. The number of carbonyl (C=O) groups excluding carboxylic acids is 4. The summed E-state index contributed by atoms with van der Waals surface area (Å²) in [5, 5.41) is 10.7. The van der Waals surface area contributed by atoms with Crippen molar-refractivity contribution in [1.29, 1.82) is 0 Å². The van der Waals surface area contributed by atoms with Crippen LogP contribution in [0.3, 0.4) is 0 Å². The van der Waals surface area contributed by atoms with Crippen LogP contribution in [0.1, 0.15) is 440 Å². The lowest BCUT2D eigenvalue weighted by Crippen LogP contribution is -2.30. The first-order chi connectivity index (χ1) is 49.8. The highest BCUT2D eigenvalue weighted by Crippen LogP contribution is 2.45.